The molecule has 190 valence electrons. The summed E-state index contributed by atoms with van der Waals surface area (Å²) in [5.74, 6) is 0.102. The lowest BCUT2D eigenvalue weighted by Gasteiger charge is -2.31. The Kier molecular flexibility index (Phi) is 9.54. The molecule has 0 aliphatic rings. The Hall–Kier alpha value is -3.31. The van der Waals surface area contributed by atoms with Gasteiger partial charge in [0.05, 0.1) is 0 Å². The Bertz CT molecular complexity index is 1140. The summed E-state index contributed by atoms with van der Waals surface area (Å²) in [7, 11) is 0. The molecule has 0 aromatic heterocycles. The fraction of sp³-hybridized carbons (Fsp3) is 0.333. The van der Waals surface area contributed by atoms with E-state index in [1.54, 1.807) is 11.0 Å². The number of halogens is 1. The number of rotatable bonds is 10. The lowest BCUT2D eigenvalue weighted by molar-refractivity contribution is -0.142. The van der Waals surface area contributed by atoms with Crippen LogP contribution in [0.5, 0.6) is 5.75 Å². The SMILES string of the molecule is CCNC(=O)C(Cc1ccccc1)N(Cc1ccccc1Cl)C(=O)COc1ccc(C(C)(C)C)cc1. The number of carbonyl (C=O) groups is 2. The molecule has 6 heteroatoms. The Morgan fingerprint density at radius 3 is 2.19 bits per heavy atom. The molecule has 1 atom stereocenters. The molecule has 3 rings (SSSR count). The first-order valence-electron chi connectivity index (χ1n) is 12.3. The average Bonchev–Trinajstić information content (AvgIpc) is 2.86. The van der Waals surface area contributed by atoms with Gasteiger partial charge in [0.2, 0.25) is 5.91 Å². The standard InChI is InChI=1S/C30H35ClN2O3/c1-5-32-29(35)27(19-22-11-7-6-8-12-22)33(20-23-13-9-10-14-26(23)31)28(34)21-36-25-17-15-24(16-18-25)30(2,3)4/h6-18,27H,5,19-21H2,1-4H3,(H,32,35). The summed E-state index contributed by atoms with van der Waals surface area (Å²) in [6.45, 7) is 8.77. The van der Waals surface area contributed by atoms with Crippen LogP contribution in [0.2, 0.25) is 5.02 Å². The molecule has 0 saturated heterocycles. The first-order valence-corrected chi connectivity index (χ1v) is 12.6. The van der Waals surface area contributed by atoms with Crippen LogP contribution in [0.4, 0.5) is 0 Å². The maximum absolute atomic E-state index is 13.6. The maximum atomic E-state index is 13.6. The Morgan fingerprint density at radius 1 is 0.944 bits per heavy atom. The number of carbonyl (C=O) groups excluding carboxylic acids is 2. The van der Waals surface area contributed by atoms with Crippen LogP contribution in [-0.4, -0.2) is 35.9 Å². The molecule has 0 spiro atoms. The van der Waals surface area contributed by atoms with Crippen LogP contribution in [0.3, 0.4) is 0 Å². The molecule has 5 nitrogen and oxygen atoms in total. The zero-order chi connectivity index (χ0) is 26.1. The molecule has 2 amide bonds. The Labute approximate surface area is 219 Å². The average molecular weight is 507 g/mol. The topological polar surface area (TPSA) is 58.6 Å². The van der Waals surface area contributed by atoms with E-state index in [9.17, 15) is 9.59 Å². The second kappa shape index (κ2) is 12.6. The highest BCUT2D eigenvalue weighted by Gasteiger charge is 2.31. The van der Waals surface area contributed by atoms with Crippen molar-refractivity contribution in [3.05, 3.63) is 101 Å². The summed E-state index contributed by atoms with van der Waals surface area (Å²) in [6.07, 6.45) is 0.378. The van der Waals surface area contributed by atoms with Gasteiger partial charge in [0.1, 0.15) is 11.8 Å². The van der Waals surface area contributed by atoms with Gasteiger partial charge in [-0.3, -0.25) is 9.59 Å². The quantitative estimate of drug-likeness (QED) is 0.378. The van der Waals surface area contributed by atoms with Crippen LogP contribution in [0.25, 0.3) is 0 Å². The number of ether oxygens (including phenoxy) is 1. The minimum Gasteiger partial charge on any atom is -0.484 e. The van der Waals surface area contributed by atoms with Gasteiger partial charge in [-0.25, -0.2) is 0 Å². The van der Waals surface area contributed by atoms with Gasteiger partial charge in [-0.05, 0) is 47.2 Å². The van der Waals surface area contributed by atoms with E-state index >= 15 is 0 Å². The molecule has 0 aliphatic heterocycles. The molecular weight excluding hydrogens is 472 g/mol. The fourth-order valence-electron chi connectivity index (χ4n) is 3.94. The number of benzene rings is 3. The highest BCUT2D eigenvalue weighted by Crippen LogP contribution is 2.25. The number of hydrogen-bond acceptors (Lipinski definition) is 3. The monoisotopic (exact) mass is 506 g/mol. The first kappa shape index (κ1) is 27.3. The van der Waals surface area contributed by atoms with E-state index in [-0.39, 0.29) is 30.4 Å². The third-order valence-electron chi connectivity index (χ3n) is 6.00. The number of nitrogens with zero attached hydrogens (tertiary/aromatic N) is 1. The van der Waals surface area contributed by atoms with Crippen LogP contribution in [0.1, 0.15) is 44.4 Å². The van der Waals surface area contributed by atoms with Crippen molar-refractivity contribution < 1.29 is 14.3 Å². The van der Waals surface area contributed by atoms with Crippen molar-refractivity contribution in [3.8, 4) is 5.75 Å². The largest absolute Gasteiger partial charge is 0.484 e. The van der Waals surface area contributed by atoms with Gasteiger partial charge in [0.25, 0.3) is 5.91 Å². The number of nitrogens with one attached hydrogen (secondary N) is 1. The summed E-state index contributed by atoms with van der Waals surface area (Å²) in [4.78, 5) is 28.3. The van der Waals surface area contributed by atoms with Crippen LogP contribution in [0, 0.1) is 0 Å². The van der Waals surface area contributed by atoms with Gasteiger partial charge in [0.15, 0.2) is 6.61 Å². The zero-order valence-corrected chi connectivity index (χ0v) is 22.2. The van der Waals surface area contributed by atoms with E-state index in [4.69, 9.17) is 16.3 Å². The molecule has 0 bridgehead atoms. The molecule has 0 radical (unpaired) electrons. The van der Waals surface area contributed by atoms with Gasteiger partial charge in [-0.2, -0.15) is 0 Å². The fourth-order valence-corrected chi connectivity index (χ4v) is 4.13. The van der Waals surface area contributed by atoms with E-state index in [0.717, 1.165) is 11.1 Å². The minimum absolute atomic E-state index is 0.0252. The normalized spacial score (nSPS) is 12.0. The molecule has 0 saturated carbocycles. The molecule has 0 fully saturated rings. The van der Waals surface area contributed by atoms with Crippen LogP contribution >= 0.6 is 11.6 Å². The molecule has 1 unspecified atom stereocenters. The first-order chi connectivity index (χ1) is 17.2. The van der Waals surface area contributed by atoms with Gasteiger partial charge < -0.3 is 15.0 Å². The van der Waals surface area contributed by atoms with Crippen molar-refractivity contribution in [2.24, 2.45) is 0 Å². The van der Waals surface area contributed by atoms with Crippen molar-refractivity contribution in [1.29, 1.82) is 0 Å². The molecular formula is C30H35ClN2O3. The molecule has 0 aliphatic carbocycles. The smallest absolute Gasteiger partial charge is 0.261 e. The molecule has 36 heavy (non-hydrogen) atoms. The van der Waals surface area contributed by atoms with E-state index in [2.05, 4.69) is 26.1 Å². The summed E-state index contributed by atoms with van der Waals surface area (Å²) in [5, 5.41) is 3.43. The van der Waals surface area contributed by atoms with Gasteiger partial charge in [-0.1, -0.05) is 93.0 Å². The molecule has 1 N–H and O–H groups in total. The van der Waals surface area contributed by atoms with E-state index in [1.165, 1.54) is 5.56 Å². The van der Waals surface area contributed by atoms with Crippen molar-refractivity contribution >= 4 is 23.4 Å². The van der Waals surface area contributed by atoms with Crippen molar-refractivity contribution in [2.75, 3.05) is 13.2 Å². The number of likely N-dealkylation sites (N-methyl/N-ethyl adjacent to an activating group) is 1. The summed E-state index contributed by atoms with van der Waals surface area (Å²) < 4.78 is 5.87. The minimum atomic E-state index is -0.719. The molecule has 3 aromatic carbocycles. The van der Waals surface area contributed by atoms with E-state index in [0.29, 0.717) is 23.7 Å². The van der Waals surface area contributed by atoms with Crippen LogP contribution < -0.4 is 10.1 Å². The third-order valence-corrected chi connectivity index (χ3v) is 6.37. The van der Waals surface area contributed by atoms with Crippen molar-refractivity contribution in [3.63, 3.8) is 0 Å². The van der Waals surface area contributed by atoms with E-state index < -0.39 is 6.04 Å². The highest BCUT2D eigenvalue weighted by molar-refractivity contribution is 6.31. The summed E-state index contributed by atoms with van der Waals surface area (Å²) in [5.41, 5.74) is 2.94. The molecule has 0 heterocycles. The van der Waals surface area contributed by atoms with Crippen molar-refractivity contribution in [1.82, 2.24) is 10.2 Å². The van der Waals surface area contributed by atoms with Crippen LogP contribution in [0.15, 0.2) is 78.9 Å². The second-order valence-electron chi connectivity index (χ2n) is 9.78. The maximum Gasteiger partial charge on any atom is 0.261 e. The van der Waals surface area contributed by atoms with Crippen LogP contribution in [-0.2, 0) is 28.0 Å². The lowest BCUT2D eigenvalue weighted by Crippen LogP contribution is -2.51. The number of hydrogen-bond donors (Lipinski definition) is 1. The van der Waals surface area contributed by atoms with E-state index in [1.807, 2.05) is 79.7 Å². The van der Waals surface area contributed by atoms with Gasteiger partial charge >= 0.3 is 0 Å². The summed E-state index contributed by atoms with van der Waals surface area (Å²) in [6, 6.07) is 24.1. The van der Waals surface area contributed by atoms with Gasteiger partial charge in [0, 0.05) is 24.5 Å². The summed E-state index contributed by atoms with van der Waals surface area (Å²) >= 11 is 6.43. The lowest BCUT2D eigenvalue weighted by atomic mass is 9.87. The number of amides is 2. The third kappa shape index (κ3) is 7.59. The Balaban J connectivity index is 1.86. The van der Waals surface area contributed by atoms with Crippen molar-refractivity contribution in [2.45, 2.75) is 52.1 Å². The predicted octanol–water partition coefficient (Wildman–Crippen LogP) is 5.79. The predicted molar refractivity (Wildman–Crippen MR) is 145 cm³/mol. The zero-order valence-electron chi connectivity index (χ0n) is 21.5. The van der Waals surface area contributed by atoms with Gasteiger partial charge in [-0.15, -0.1) is 0 Å². The second-order valence-corrected chi connectivity index (χ2v) is 10.2. The Morgan fingerprint density at radius 2 is 1.58 bits per heavy atom. The highest BCUT2D eigenvalue weighted by atomic mass is 35.5. The molecule has 3 aromatic rings.